The number of nitrogens with zero attached hydrogens (tertiary/aromatic N) is 2. The molecule has 90 valence electrons. The standard InChI is InChI=1S/C11H12N2O2S2/c1-13(6-10(14)15)11-12-8-4-3-7(16-2)5-9(8)17-11/h3-5H,6H2,1-2H3,(H,14,15). The quantitative estimate of drug-likeness (QED) is 0.864. The summed E-state index contributed by atoms with van der Waals surface area (Å²) in [5.41, 5.74) is 0.917. The lowest BCUT2D eigenvalue weighted by atomic mass is 10.3. The summed E-state index contributed by atoms with van der Waals surface area (Å²) >= 11 is 3.20. The zero-order valence-electron chi connectivity index (χ0n) is 9.51. The third-order valence-electron chi connectivity index (χ3n) is 2.28. The molecule has 0 saturated heterocycles. The Morgan fingerprint density at radius 1 is 1.59 bits per heavy atom. The van der Waals surface area contributed by atoms with E-state index in [2.05, 4.69) is 11.1 Å². The average molecular weight is 268 g/mol. The van der Waals surface area contributed by atoms with E-state index in [1.807, 2.05) is 18.4 Å². The zero-order valence-corrected chi connectivity index (χ0v) is 11.1. The van der Waals surface area contributed by atoms with Gasteiger partial charge in [-0.3, -0.25) is 4.79 Å². The molecule has 0 amide bonds. The molecule has 4 nitrogen and oxygen atoms in total. The van der Waals surface area contributed by atoms with Crippen LogP contribution in [0.15, 0.2) is 23.1 Å². The molecule has 2 rings (SSSR count). The van der Waals surface area contributed by atoms with E-state index in [-0.39, 0.29) is 6.54 Å². The van der Waals surface area contributed by atoms with Gasteiger partial charge in [-0.25, -0.2) is 4.98 Å². The molecule has 2 aromatic rings. The molecule has 6 heteroatoms. The van der Waals surface area contributed by atoms with Gasteiger partial charge in [0.05, 0.1) is 10.2 Å². The number of benzene rings is 1. The molecule has 0 fully saturated rings. The minimum absolute atomic E-state index is 0.0325. The summed E-state index contributed by atoms with van der Waals surface area (Å²) in [7, 11) is 1.74. The number of aliphatic carboxylic acids is 1. The van der Waals surface area contributed by atoms with Crippen molar-refractivity contribution >= 4 is 44.4 Å². The Hall–Kier alpha value is -1.27. The minimum atomic E-state index is -0.850. The molecule has 0 atom stereocenters. The van der Waals surface area contributed by atoms with Crippen molar-refractivity contribution in [2.75, 3.05) is 24.7 Å². The van der Waals surface area contributed by atoms with Gasteiger partial charge in [0.15, 0.2) is 5.13 Å². The monoisotopic (exact) mass is 268 g/mol. The summed E-state index contributed by atoms with van der Waals surface area (Å²) in [6, 6.07) is 6.07. The fourth-order valence-electron chi connectivity index (χ4n) is 1.45. The van der Waals surface area contributed by atoms with Crippen molar-refractivity contribution in [3.05, 3.63) is 18.2 Å². The number of carbonyl (C=O) groups is 1. The van der Waals surface area contributed by atoms with Crippen LogP contribution in [0.2, 0.25) is 0 Å². The Bertz CT molecular complexity index is 553. The van der Waals surface area contributed by atoms with Gasteiger partial charge in [0.2, 0.25) is 0 Å². The van der Waals surface area contributed by atoms with Crippen LogP contribution in [0.3, 0.4) is 0 Å². The van der Waals surface area contributed by atoms with Gasteiger partial charge in [0.25, 0.3) is 0 Å². The van der Waals surface area contributed by atoms with Crippen molar-refractivity contribution in [2.24, 2.45) is 0 Å². The molecule has 1 aromatic carbocycles. The predicted molar refractivity (Wildman–Crippen MR) is 72.3 cm³/mol. The summed E-state index contributed by atoms with van der Waals surface area (Å²) < 4.78 is 1.09. The molecule has 17 heavy (non-hydrogen) atoms. The molecule has 0 aliphatic carbocycles. The SMILES string of the molecule is CSc1ccc2nc(N(C)CC(=O)O)sc2c1. The van der Waals surface area contributed by atoms with E-state index >= 15 is 0 Å². The molecule has 0 unspecified atom stereocenters. The second-order valence-corrected chi connectivity index (χ2v) is 5.47. The van der Waals surface area contributed by atoms with E-state index in [0.717, 1.165) is 15.3 Å². The van der Waals surface area contributed by atoms with Gasteiger partial charge in [-0.2, -0.15) is 0 Å². The Kier molecular flexibility index (Phi) is 3.54. The highest BCUT2D eigenvalue weighted by molar-refractivity contribution is 7.98. The maximum absolute atomic E-state index is 10.6. The van der Waals surface area contributed by atoms with E-state index in [1.165, 1.54) is 16.2 Å². The Morgan fingerprint density at radius 3 is 3.00 bits per heavy atom. The van der Waals surface area contributed by atoms with Crippen LogP contribution in [-0.2, 0) is 4.79 Å². The number of aromatic nitrogens is 1. The van der Waals surface area contributed by atoms with Crippen LogP contribution in [0.25, 0.3) is 10.2 Å². The molecule has 0 radical (unpaired) electrons. The lowest BCUT2D eigenvalue weighted by Gasteiger charge is -2.11. The minimum Gasteiger partial charge on any atom is -0.480 e. The normalized spacial score (nSPS) is 10.7. The summed E-state index contributed by atoms with van der Waals surface area (Å²) in [4.78, 5) is 17.9. The topological polar surface area (TPSA) is 53.4 Å². The Labute approximate surface area is 107 Å². The number of rotatable bonds is 4. The van der Waals surface area contributed by atoms with E-state index in [9.17, 15) is 4.79 Å². The highest BCUT2D eigenvalue weighted by Gasteiger charge is 2.11. The van der Waals surface area contributed by atoms with Crippen molar-refractivity contribution in [2.45, 2.75) is 4.90 Å². The van der Waals surface area contributed by atoms with Crippen molar-refractivity contribution in [1.82, 2.24) is 4.98 Å². The fourth-order valence-corrected chi connectivity index (χ4v) is 2.93. The number of thiazole rings is 1. The molecule has 0 aliphatic rings. The molecular weight excluding hydrogens is 256 g/mol. The summed E-state index contributed by atoms with van der Waals surface area (Å²) in [6.45, 7) is -0.0325. The first-order valence-electron chi connectivity index (χ1n) is 4.97. The van der Waals surface area contributed by atoms with Crippen molar-refractivity contribution < 1.29 is 9.90 Å². The van der Waals surface area contributed by atoms with E-state index in [4.69, 9.17) is 5.11 Å². The second kappa shape index (κ2) is 4.93. The van der Waals surface area contributed by atoms with Crippen LogP contribution in [-0.4, -0.2) is 35.9 Å². The zero-order chi connectivity index (χ0) is 12.4. The van der Waals surface area contributed by atoms with Gasteiger partial charge in [-0.05, 0) is 24.5 Å². The second-order valence-electron chi connectivity index (χ2n) is 3.58. The molecule has 1 heterocycles. The van der Waals surface area contributed by atoms with Crippen LogP contribution in [0, 0.1) is 0 Å². The van der Waals surface area contributed by atoms with Gasteiger partial charge in [0.1, 0.15) is 6.54 Å². The highest BCUT2D eigenvalue weighted by atomic mass is 32.2. The number of carboxylic acids is 1. The molecule has 0 saturated carbocycles. The van der Waals surface area contributed by atoms with Gasteiger partial charge >= 0.3 is 5.97 Å². The number of likely N-dealkylation sites (N-methyl/N-ethyl adjacent to an activating group) is 1. The maximum Gasteiger partial charge on any atom is 0.323 e. The lowest BCUT2D eigenvalue weighted by Crippen LogP contribution is -2.24. The van der Waals surface area contributed by atoms with Crippen molar-refractivity contribution in [1.29, 1.82) is 0 Å². The number of thioether (sulfide) groups is 1. The van der Waals surface area contributed by atoms with E-state index in [1.54, 1.807) is 23.7 Å². The highest BCUT2D eigenvalue weighted by Crippen LogP contribution is 2.30. The third-order valence-corrected chi connectivity index (χ3v) is 4.14. The number of anilines is 1. The third kappa shape index (κ3) is 2.70. The van der Waals surface area contributed by atoms with E-state index < -0.39 is 5.97 Å². The predicted octanol–water partition coefficient (Wildman–Crippen LogP) is 2.54. The van der Waals surface area contributed by atoms with Crippen molar-refractivity contribution in [3.8, 4) is 0 Å². The van der Waals surface area contributed by atoms with Crippen LogP contribution < -0.4 is 4.90 Å². The summed E-state index contributed by atoms with van der Waals surface area (Å²) in [6.07, 6.45) is 2.03. The molecule has 1 N–H and O–H groups in total. The summed E-state index contributed by atoms with van der Waals surface area (Å²) in [5, 5.41) is 9.47. The first-order chi connectivity index (χ1) is 8.10. The van der Waals surface area contributed by atoms with Crippen LogP contribution in [0.5, 0.6) is 0 Å². The van der Waals surface area contributed by atoms with Gasteiger partial charge in [-0.15, -0.1) is 11.8 Å². The molecule has 1 aromatic heterocycles. The molecular formula is C11H12N2O2S2. The van der Waals surface area contributed by atoms with Crippen LogP contribution in [0.4, 0.5) is 5.13 Å². The first kappa shape index (κ1) is 12.2. The lowest BCUT2D eigenvalue weighted by molar-refractivity contribution is -0.135. The number of fused-ring (bicyclic) bond motifs is 1. The van der Waals surface area contributed by atoms with Crippen molar-refractivity contribution in [3.63, 3.8) is 0 Å². The Morgan fingerprint density at radius 2 is 2.35 bits per heavy atom. The average Bonchev–Trinajstić information content (AvgIpc) is 2.70. The van der Waals surface area contributed by atoms with Gasteiger partial charge in [-0.1, -0.05) is 11.3 Å². The summed E-state index contributed by atoms with van der Waals surface area (Å²) in [5.74, 6) is -0.850. The number of hydrogen-bond acceptors (Lipinski definition) is 5. The number of carboxylic acid groups (broad SMARTS) is 1. The maximum atomic E-state index is 10.6. The molecule has 0 aliphatic heterocycles. The van der Waals surface area contributed by atoms with Gasteiger partial charge in [0, 0.05) is 11.9 Å². The van der Waals surface area contributed by atoms with E-state index in [0.29, 0.717) is 0 Å². The number of hydrogen-bond donors (Lipinski definition) is 1. The first-order valence-corrected chi connectivity index (χ1v) is 7.02. The fraction of sp³-hybridized carbons (Fsp3) is 0.273. The van der Waals surface area contributed by atoms with Crippen LogP contribution >= 0.6 is 23.1 Å². The molecule has 0 spiro atoms. The van der Waals surface area contributed by atoms with Gasteiger partial charge < -0.3 is 10.0 Å². The largest absolute Gasteiger partial charge is 0.480 e. The molecule has 0 bridgehead atoms. The van der Waals surface area contributed by atoms with Crippen LogP contribution in [0.1, 0.15) is 0 Å². The Balaban J connectivity index is 2.33. The smallest absolute Gasteiger partial charge is 0.323 e.